The second-order valence-electron chi connectivity index (χ2n) is 6.70. The van der Waals surface area contributed by atoms with Gasteiger partial charge in [0.15, 0.2) is 0 Å². The van der Waals surface area contributed by atoms with Crippen LogP contribution in [-0.2, 0) is 14.8 Å². The summed E-state index contributed by atoms with van der Waals surface area (Å²) in [5.41, 5.74) is 1.37. The molecule has 6 nitrogen and oxygen atoms in total. The van der Waals surface area contributed by atoms with Crippen molar-refractivity contribution in [3.63, 3.8) is 0 Å². The summed E-state index contributed by atoms with van der Waals surface area (Å²) >= 11 is 5.88. The number of anilines is 1. The molecule has 0 bridgehead atoms. The average molecular weight is 425 g/mol. The number of carbonyl (C=O) groups is 1. The van der Waals surface area contributed by atoms with Crippen molar-refractivity contribution < 1.29 is 17.9 Å². The van der Waals surface area contributed by atoms with Crippen molar-refractivity contribution in [1.82, 2.24) is 5.32 Å². The third-order valence-electron chi connectivity index (χ3n) is 4.14. The number of carbonyl (C=O) groups excluding carboxylic acids is 1. The van der Waals surface area contributed by atoms with Crippen LogP contribution in [-0.4, -0.2) is 39.3 Å². The molecule has 0 aliphatic carbocycles. The van der Waals surface area contributed by atoms with Crippen LogP contribution in [0.4, 0.5) is 5.69 Å². The first-order chi connectivity index (χ1) is 13.1. The van der Waals surface area contributed by atoms with E-state index < -0.39 is 22.0 Å². The van der Waals surface area contributed by atoms with Crippen LogP contribution in [0.15, 0.2) is 48.5 Å². The highest BCUT2D eigenvalue weighted by molar-refractivity contribution is 7.92. The molecular weight excluding hydrogens is 400 g/mol. The Morgan fingerprint density at radius 3 is 2.32 bits per heavy atom. The van der Waals surface area contributed by atoms with Gasteiger partial charge in [-0.3, -0.25) is 9.10 Å². The molecule has 0 aliphatic heterocycles. The van der Waals surface area contributed by atoms with Crippen molar-refractivity contribution >= 4 is 33.2 Å². The van der Waals surface area contributed by atoms with Crippen molar-refractivity contribution in [2.45, 2.75) is 32.9 Å². The number of aryl methyl sites for hydroxylation is 1. The SMILES string of the molecule is Cc1ccccc1OC[C@H](C)NC(=O)[C@H](C)N(c1ccc(Cl)cc1)S(C)(=O)=O. The first kappa shape index (κ1) is 22.0. The number of nitrogens with one attached hydrogen (secondary N) is 1. The average Bonchev–Trinajstić information content (AvgIpc) is 2.61. The van der Waals surface area contributed by atoms with Crippen LogP contribution in [0.25, 0.3) is 0 Å². The van der Waals surface area contributed by atoms with Crippen molar-refractivity contribution in [1.29, 1.82) is 0 Å². The number of halogens is 1. The van der Waals surface area contributed by atoms with Gasteiger partial charge in [-0.25, -0.2) is 8.42 Å². The summed E-state index contributed by atoms with van der Waals surface area (Å²) in [6, 6.07) is 12.7. The molecule has 0 heterocycles. The first-order valence-electron chi connectivity index (χ1n) is 8.83. The Labute approximate surface area is 171 Å². The third kappa shape index (κ3) is 5.87. The van der Waals surface area contributed by atoms with Gasteiger partial charge in [0.1, 0.15) is 18.4 Å². The number of ether oxygens (including phenoxy) is 1. The molecule has 0 fully saturated rings. The van der Waals surface area contributed by atoms with Crippen LogP contribution in [0.3, 0.4) is 0 Å². The number of rotatable bonds is 8. The molecule has 2 rings (SSSR count). The Balaban J connectivity index is 2.06. The minimum Gasteiger partial charge on any atom is -0.491 e. The number of hydrogen-bond donors (Lipinski definition) is 1. The molecule has 2 aromatic carbocycles. The van der Waals surface area contributed by atoms with E-state index in [1.165, 1.54) is 0 Å². The Kier molecular flexibility index (Phi) is 7.32. The highest BCUT2D eigenvalue weighted by atomic mass is 35.5. The zero-order valence-electron chi connectivity index (χ0n) is 16.3. The van der Waals surface area contributed by atoms with Crippen molar-refractivity contribution in [3.05, 3.63) is 59.1 Å². The fraction of sp³-hybridized carbons (Fsp3) is 0.350. The number of sulfonamides is 1. The summed E-state index contributed by atoms with van der Waals surface area (Å²) in [4.78, 5) is 12.7. The van der Waals surface area contributed by atoms with Gasteiger partial charge in [0.05, 0.1) is 18.0 Å². The van der Waals surface area contributed by atoms with E-state index in [4.69, 9.17) is 16.3 Å². The van der Waals surface area contributed by atoms with E-state index in [2.05, 4.69) is 5.32 Å². The van der Waals surface area contributed by atoms with E-state index in [-0.39, 0.29) is 12.6 Å². The van der Waals surface area contributed by atoms with E-state index in [9.17, 15) is 13.2 Å². The van der Waals surface area contributed by atoms with Crippen LogP contribution in [0.1, 0.15) is 19.4 Å². The molecule has 2 atom stereocenters. The lowest BCUT2D eigenvalue weighted by Crippen LogP contribution is -2.50. The summed E-state index contributed by atoms with van der Waals surface area (Å²) in [5.74, 6) is 0.330. The van der Waals surface area contributed by atoms with E-state index >= 15 is 0 Å². The van der Waals surface area contributed by atoms with Gasteiger partial charge in [-0.05, 0) is 56.7 Å². The molecule has 0 radical (unpaired) electrons. The lowest BCUT2D eigenvalue weighted by molar-refractivity contribution is -0.122. The summed E-state index contributed by atoms with van der Waals surface area (Å²) in [6.45, 7) is 5.55. The van der Waals surface area contributed by atoms with Crippen LogP contribution in [0.2, 0.25) is 5.02 Å². The number of para-hydroxylation sites is 1. The van der Waals surface area contributed by atoms with Crippen LogP contribution in [0, 0.1) is 6.92 Å². The fourth-order valence-corrected chi connectivity index (χ4v) is 4.04. The smallest absolute Gasteiger partial charge is 0.243 e. The van der Waals surface area contributed by atoms with Crippen LogP contribution < -0.4 is 14.4 Å². The van der Waals surface area contributed by atoms with Crippen LogP contribution >= 0.6 is 11.6 Å². The van der Waals surface area contributed by atoms with Gasteiger partial charge in [0, 0.05) is 5.02 Å². The molecule has 152 valence electrons. The molecule has 0 unspecified atom stereocenters. The zero-order chi connectivity index (χ0) is 20.9. The maximum absolute atomic E-state index is 12.7. The Morgan fingerprint density at radius 2 is 1.75 bits per heavy atom. The molecule has 8 heteroatoms. The second kappa shape index (κ2) is 9.30. The largest absolute Gasteiger partial charge is 0.491 e. The second-order valence-corrected chi connectivity index (χ2v) is 8.99. The predicted octanol–water partition coefficient (Wildman–Crippen LogP) is 3.39. The molecule has 2 aromatic rings. The molecule has 0 saturated heterocycles. The summed E-state index contributed by atoms with van der Waals surface area (Å²) in [5, 5.41) is 3.29. The highest BCUT2D eigenvalue weighted by Gasteiger charge is 2.29. The van der Waals surface area contributed by atoms with Gasteiger partial charge in [0.25, 0.3) is 0 Å². The van der Waals surface area contributed by atoms with E-state index in [1.807, 2.05) is 31.2 Å². The molecule has 28 heavy (non-hydrogen) atoms. The summed E-state index contributed by atoms with van der Waals surface area (Å²) in [6.07, 6.45) is 1.07. The van der Waals surface area contributed by atoms with Crippen LogP contribution in [0.5, 0.6) is 5.75 Å². The first-order valence-corrected chi connectivity index (χ1v) is 11.1. The Hall–Kier alpha value is -2.25. The molecular formula is C20H25ClN2O4S. The zero-order valence-corrected chi connectivity index (χ0v) is 17.9. The molecule has 1 N–H and O–H groups in total. The van der Waals surface area contributed by atoms with Gasteiger partial charge in [-0.2, -0.15) is 0 Å². The number of nitrogens with zero attached hydrogens (tertiary/aromatic N) is 1. The Morgan fingerprint density at radius 1 is 1.14 bits per heavy atom. The summed E-state index contributed by atoms with van der Waals surface area (Å²) in [7, 11) is -3.67. The molecule has 0 aliphatic rings. The quantitative estimate of drug-likeness (QED) is 0.704. The third-order valence-corrected chi connectivity index (χ3v) is 5.63. The van der Waals surface area contributed by atoms with E-state index in [0.29, 0.717) is 10.7 Å². The predicted molar refractivity (Wildman–Crippen MR) is 113 cm³/mol. The lowest BCUT2D eigenvalue weighted by Gasteiger charge is -2.29. The molecule has 0 saturated carbocycles. The van der Waals surface area contributed by atoms with E-state index in [1.54, 1.807) is 38.1 Å². The number of hydrogen-bond acceptors (Lipinski definition) is 4. The number of benzene rings is 2. The van der Waals surface area contributed by atoms with Gasteiger partial charge >= 0.3 is 0 Å². The van der Waals surface area contributed by atoms with Crippen molar-refractivity contribution in [2.24, 2.45) is 0 Å². The Bertz CT molecular complexity index is 916. The van der Waals surface area contributed by atoms with Gasteiger partial charge < -0.3 is 10.1 Å². The summed E-state index contributed by atoms with van der Waals surface area (Å²) < 4.78 is 31.4. The number of amides is 1. The fourth-order valence-electron chi connectivity index (χ4n) is 2.74. The minimum absolute atomic E-state index is 0.267. The molecule has 0 aromatic heterocycles. The van der Waals surface area contributed by atoms with E-state index in [0.717, 1.165) is 21.9 Å². The maximum Gasteiger partial charge on any atom is 0.243 e. The van der Waals surface area contributed by atoms with Crippen molar-refractivity contribution in [2.75, 3.05) is 17.2 Å². The van der Waals surface area contributed by atoms with Gasteiger partial charge in [-0.15, -0.1) is 0 Å². The van der Waals surface area contributed by atoms with Crippen molar-refractivity contribution in [3.8, 4) is 5.75 Å². The monoisotopic (exact) mass is 424 g/mol. The maximum atomic E-state index is 12.7. The topological polar surface area (TPSA) is 75.7 Å². The molecule has 1 amide bonds. The highest BCUT2D eigenvalue weighted by Crippen LogP contribution is 2.23. The molecule has 0 spiro atoms. The van der Waals surface area contributed by atoms with Gasteiger partial charge in [0.2, 0.25) is 15.9 Å². The standard InChI is InChI=1S/C20H25ClN2O4S/c1-14-7-5-6-8-19(14)27-13-15(2)22-20(24)16(3)23(28(4,25)26)18-11-9-17(21)10-12-18/h5-12,15-16H,13H2,1-4H3,(H,22,24)/t15-,16-/m0/s1. The van der Waals surface area contributed by atoms with Gasteiger partial charge in [-0.1, -0.05) is 29.8 Å². The normalized spacial score (nSPS) is 13.5. The lowest BCUT2D eigenvalue weighted by atomic mass is 10.2. The minimum atomic E-state index is -3.67.